The Balaban J connectivity index is 0.000000367. The Bertz CT molecular complexity index is 328. The van der Waals surface area contributed by atoms with E-state index in [1.165, 1.54) is 0 Å². The van der Waals surface area contributed by atoms with E-state index in [9.17, 15) is 4.79 Å². The number of imidazole rings is 1. The molecule has 0 aromatic carbocycles. The lowest BCUT2D eigenvalue weighted by molar-refractivity contribution is -0.138. The molecule has 0 aliphatic heterocycles. The SMILES string of the molecule is CCC(C)n1ccnc1.CCOCCOCCC(=O)O. The maximum Gasteiger partial charge on any atom is 0.305 e. The quantitative estimate of drug-likeness (QED) is 0.705. The minimum Gasteiger partial charge on any atom is -0.481 e. The van der Waals surface area contributed by atoms with Crippen LogP contribution in [0.5, 0.6) is 0 Å². The Morgan fingerprint density at radius 2 is 2.00 bits per heavy atom. The van der Waals surface area contributed by atoms with Crippen LogP contribution in [-0.4, -0.2) is 47.1 Å². The lowest BCUT2D eigenvalue weighted by Crippen LogP contribution is -2.07. The number of hydrogen-bond donors (Lipinski definition) is 1. The molecule has 6 heteroatoms. The summed E-state index contributed by atoms with van der Waals surface area (Å²) in [4.78, 5) is 13.9. The third-order valence-corrected chi connectivity index (χ3v) is 2.66. The number of nitrogens with zero attached hydrogens (tertiary/aromatic N) is 2. The molecule has 0 amide bonds. The van der Waals surface area contributed by atoms with E-state index in [0.29, 0.717) is 25.9 Å². The van der Waals surface area contributed by atoms with Crippen LogP contribution in [0.15, 0.2) is 18.7 Å². The molecular formula is C14H26N2O4. The van der Waals surface area contributed by atoms with Crippen molar-refractivity contribution in [3.63, 3.8) is 0 Å². The summed E-state index contributed by atoms with van der Waals surface area (Å²) in [6.07, 6.45) is 6.89. The van der Waals surface area contributed by atoms with Gasteiger partial charge in [-0.1, -0.05) is 6.92 Å². The molecule has 0 saturated carbocycles. The first-order valence-electron chi connectivity index (χ1n) is 6.96. The molecule has 0 aliphatic carbocycles. The van der Waals surface area contributed by atoms with Crippen molar-refractivity contribution in [1.82, 2.24) is 9.55 Å². The molecule has 0 saturated heterocycles. The summed E-state index contributed by atoms with van der Waals surface area (Å²) in [7, 11) is 0. The third-order valence-electron chi connectivity index (χ3n) is 2.66. The normalized spacial score (nSPS) is 11.6. The first kappa shape index (κ1) is 18.6. The standard InChI is InChI=1S/C7H12N2.C7H14O4/c1-3-7(2)9-5-4-8-6-9;1-2-10-5-6-11-4-3-7(8)9/h4-7H,3H2,1-2H3;2-6H2,1H3,(H,8,9). The largest absolute Gasteiger partial charge is 0.481 e. The average Bonchev–Trinajstić information content (AvgIpc) is 2.96. The molecule has 0 bridgehead atoms. The predicted octanol–water partition coefficient (Wildman–Crippen LogP) is 2.37. The molecule has 1 atom stereocenters. The highest BCUT2D eigenvalue weighted by atomic mass is 16.5. The van der Waals surface area contributed by atoms with Gasteiger partial charge in [0.25, 0.3) is 0 Å². The fraction of sp³-hybridized carbons (Fsp3) is 0.714. The Kier molecular flexibility index (Phi) is 11.7. The maximum absolute atomic E-state index is 9.98. The van der Waals surface area contributed by atoms with Gasteiger partial charge in [-0.15, -0.1) is 0 Å². The second kappa shape index (κ2) is 12.6. The van der Waals surface area contributed by atoms with Gasteiger partial charge < -0.3 is 19.1 Å². The summed E-state index contributed by atoms with van der Waals surface area (Å²) >= 11 is 0. The summed E-state index contributed by atoms with van der Waals surface area (Å²) in [6, 6.07) is 0.590. The van der Waals surface area contributed by atoms with Gasteiger partial charge in [0.05, 0.1) is 32.6 Å². The Morgan fingerprint density at radius 1 is 1.30 bits per heavy atom. The van der Waals surface area contributed by atoms with Gasteiger partial charge in [0.2, 0.25) is 0 Å². The Morgan fingerprint density at radius 3 is 2.50 bits per heavy atom. The first-order valence-corrected chi connectivity index (χ1v) is 6.96. The van der Waals surface area contributed by atoms with Crippen LogP contribution in [-0.2, 0) is 14.3 Å². The van der Waals surface area contributed by atoms with Crippen molar-refractivity contribution >= 4 is 5.97 Å². The molecule has 1 heterocycles. The molecule has 0 aliphatic rings. The molecule has 116 valence electrons. The fourth-order valence-corrected chi connectivity index (χ4v) is 1.26. The second-order valence-electron chi connectivity index (χ2n) is 4.22. The van der Waals surface area contributed by atoms with Gasteiger partial charge >= 0.3 is 5.97 Å². The lowest BCUT2D eigenvalue weighted by Gasteiger charge is -2.07. The molecule has 1 rings (SSSR count). The van der Waals surface area contributed by atoms with Gasteiger partial charge in [-0.2, -0.15) is 0 Å². The number of hydrogen-bond acceptors (Lipinski definition) is 4. The zero-order valence-corrected chi connectivity index (χ0v) is 12.6. The summed E-state index contributed by atoms with van der Waals surface area (Å²) in [6.45, 7) is 8.20. The van der Waals surface area contributed by atoms with Gasteiger partial charge in [-0.25, -0.2) is 4.98 Å². The van der Waals surface area contributed by atoms with Crippen molar-refractivity contribution in [1.29, 1.82) is 0 Å². The minimum absolute atomic E-state index is 0.0616. The molecule has 6 nitrogen and oxygen atoms in total. The maximum atomic E-state index is 9.98. The van der Waals surface area contributed by atoms with E-state index < -0.39 is 5.97 Å². The molecule has 0 spiro atoms. The van der Waals surface area contributed by atoms with Crippen LogP contribution in [0.4, 0.5) is 0 Å². The molecule has 1 unspecified atom stereocenters. The zero-order chi connectivity index (χ0) is 15.2. The topological polar surface area (TPSA) is 73.6 Å². The molecule has 1 N–H and O–H groups in total. The number of carbonyl (C=O) groups is 1. The molecular weight excluding hydrogens is 260 g/mol. The van der Waals surface area contributed by atoms with E-state index in [4.69, 9.17) is 14.6 Å². The molecule has 0 fully saturated rings. The average molecular weight is 286 g/mol. The van der Waals surface area contributed by atoms with Crippen LogP contribution in [0.1, 0.15) is 39.7 Å². The van der Waals surface area contributed by atoms with E-state index >= 15 is 0 Å². The predicted molar refractivity (Wildman–Crippen MR) is 76.8 cm³/mol. The van der Waals surface area contributed by atoms with Crippen LogP contribution in [0, 0.1) is 0 Å². The van der Waals surface area contributed by atoms with Gasteiger partial charge in [0.15, 0.2) is 0 Å². The second-order valence-corrected chi connectivity index (χ2v) is 4.22. The smallest absolute Gasteiger partial charge is 0.305 e. The molecule has 20 heavy (non-hydrogen) atoms. The van der Waals surface area contributed by atoms with E-state index in [1.54, 1.807) is 0 Å². The number of carboxylic acids is 1. The highest BCUT2D eigenvalue weighted by Crippen LogP contribution is 2.06. The molecule has 1 aromatic heterocycles. The Labute approximate surface area is 120 Å². The summed E-state index contributed by atoms with van der Waals surface area (Å²) in [5, 5.41) is 8.20. The summed E-state index contributed by atoms with van der Waals surface area (Å²) in [5.41, 5.74) is 0. The third kappa shape index (κ3) is 10.5. The van der Waals surface area contributed by atoms with Gasteiger partial charge in [-0.05, 0) is 20.3 Å². The zero-order valence-electron chi connectivity index (χ0n) is 12.6. The van der Waals surface area contributed by atoms with E-state index in [1.807, 2.05) is 25.6 Å². The summed E-state index contributed by atoms with van der Waals surface area (Å²) < 4.78 is 12.0. The van der Waals surface area contributed by atoms with Crippen LogP contribution < -0.4 is 0 Å². The molecule has 0 radical (unpaired) electrons. The van der Waals surface area contributed by atoms with Crippen LogP contribution in [0.2, 0.25) is 0 Å². The number of ether oxygens (including phenoxy) is 2. The van der Waals surface area contributed by atoms with Crippen molar-refractivity contribution in [2.75, 3.05) is 26.4 Å². The minimum atomic E-state index is -0.832. The van der Waals surface area contributed by atoms with Crippen molar-refractivity contribution in [3.05, 3.63) is 18.7 Å². The number of aliphatic carboxylic acids is 1. The van der Waals surface area contributed by atoms with E-state index in [-0.39, 0.29) is 13.0 Å². The Hall–Kier alpha value is -1.40. The van der Waals surface area contributed by atoms with Crippen molar-refractivity contribution < 1.29 is 19.4 Å². The van der Waals surface area contributed by atoms with Crippen LogP contribution in [0.25, 0.3) is 0 Å². The lowest BCUT2D eigenvalue weighted by atomic mass is 10.3. The van der Waals surface area contributed by atoms with Crippen molar-refractivity contribution in [2.45, 2.75) is 39.7 Å². The van der Waals surface area contributed by atoms with Crippen LogP contribution in [0.3, 0.4) is 0 Å². The molecule has 1 aromatic rings. The van der Waals surface area contributed by atoms with Gasteiger partial charge in [0, 0.05) is 25.0 Å². The van der Waals surface area contributed by atoms with Gasteiger partial charge in [-0.3, -0.25) is 4.79 Å². The highest BCUT2D eigenvalue weighted by Gasteiger charge is 1.97. The first-order chi connectivity index (χ1) is 9.61. The van der Waals surface area contributed by atoms with Crippen molar-refractivity contribution in [3.8, 4) is 0 Å². The van der Waals surface area contributed by atoms with Gasteiger partial charge in [0.1, 0.15) is 0 Å². The highest BCUT2D eigenvalue weighted by molar-refractivity contribution is 5.66. The fourth-order valence-electron chi connectivity index (χ4n) is 1.26. The number of rotatable bonds is 9. The van der Waals surface area contributed by atoms with E-state index in [0.717, 1.165) is 6.42 Å². The van der Waals surface area contributed by atoms with E-state index in [2.05, 4.69) is 23.4 Å². The summed E-state index contributed by atoms with van der Waals surface area (Å²) in [5.74, 6) is -0.832. The number of carboxylic acid groups (broad SMARTS) is 1. The van der Waals surface area contributed by atoms with Crippen LogP contribution >= 0.6 is 0 Å². The monoisotopic (exact) mass is 286 g/mol. The van der Waals surface area contributed by atoms with Crippen molar-refractivity contribution in [2.24, 2.45) is 0 Å². The number of aromatic nitrogens is 2.